The molecular weight excluding hydrogens is 416 g/mol. The third kappa shape index (κ3) is 2.93. The van der Waals surface area contributed by atoms with Crippen LogP contribution in [0.2, 0.25) is 0 Å². The molecule has 0 heterocycles. The van der Waals surface area contributed by atoms with Crippen LogP contribution in [0.1, 0.15) is 0 Å². The van der Waals surface area contributed by atoms with Crippen molar-refractivity contribution in [1.82, 2.24) is 0 Å². The standard InChI is InChI=1S/C12H4F6IP/c13-7-1-5(2-8(14)11(7)17)20(19)6-3-9(15)12(18)10(16)4-6/h1-4H. The van der Waals surface area contributed by atoms with E-state index in [1.807, 2.05) is 0 Å². The van der Waals surface area contributed by atoms with E-state index >= 15 is 0 Å². The van der Waals surface area contributed by atoms with E-state index in [9.17, 15) is 26.3 Å². The Morgan fingerprint density at radius 2 is 0.850 bits per heavy atom. The van der Waals surface area contributed by atoms with Gasteiger partial charge in [0.05, 0.1) is 0 Å². The van der Waals surface area contributed by atoms with Crippen LogP contribution in [0.15, 0.2) is 24.3 Å². The average molecular weight is 420 g/mol. The van der Waals surface area contributed by atoms with Crippen molar-refractivity contribution in [2.75, 3.05) is 0 Å². The van der Waals surface area contributed by atoms with Crippen LogP contribution in [0, 0.1) is 34.9 Å². The van der Waals surface area contributed by atoms with Crippen molar-refractivity contribution < 1.29 is 26.3 Å². The minimum atomic E-state index is -1.62. The van der Waals surface area contributed by atoms with Gasteiger partial charge in [-0.15, -0.1) is 0 Å². The summed E-state index contributed by atoms with van der Waals surface area (Å²) in [7, 11) is 0. The van der Waals surface area contributed by atoms with Gasteiger partial charge in [0.15, 0.2) is 34.9 Å². The lowest BCUT2D eigenvalue weighted by molar-refractivity contribution is 0.448. The number of halogens is 7. The molecule has 0 N–H and O–H groups in total. The number of hydrogen-bond acceptors (Lipinski definition) is 0. The first-order valence-corrected chi connectivity index (χ1v) is 9.19. The molecule has 2 aromatic rings. The quantitative estimate of drug-likeness (QED) is 0.294. The largest absolute Gasteiger partial charge is 0.204 e. The second-order valence-electron chi connectivity index (χ2n) is 3.73. The molecule has 0 bridgehead atoms. The third-order valence-corrected chi connectivity index (χ3v) is 7.16. The molecule has 0 unspecified atom stereocenters. The molecule has 0 atom stereocenters. The predicted molar refractivity (Wildman–Crippen MR) is 72.8 cm³/mol. The summed E-state index contributed by atoms with van der Waals surface area (Å²) in [5, 5.41) is 0.0600. The Kier molecular flexibility index (Phi) is 4.59. The highest BCUT2D eigenvalue weighted by atomic mass is 127. The first kappa shape index (κ1) is 15.6. The highest BCUT2D eigenvalue weighted by molar-refractivity contribution is 14.2. The van der Waals surface area contributed by atoms with E-state index in [0.717, 1.165) is 24.3 Å². The van der Waals surface area contributed by atoms with Crippen LogP contribution in [0.3, 0.4) is 0 Å². The third-order valence-electron chi connectivity index (χ3n) is 2.39. The summed E-state index contributed by atoms with van der Waals surface area (Å²) in [5.41, 5.74) is -1.58. The van der Waals surface area contributed by atoms with Gasteiger partial charge in [0.2, 0.25) is 0 Å². The Labute approximate surface area is 124 Å². The SMILES string of the molecule is Fc1cc(P(I)c2cc(F)c(F)c(F)c2)cc(F)c1F. The second kappa shape index (κ2) is 5.89. The van der Waals surface area contributed by atoms with Gasteiger partial charge in [-0.1, -0.05) is 0 Å². The lowest BCUT2D eigenvalue weighted by Gasteiger charge is -2.12. The molecule has 0 nitrogen and oxygen atoms in total. The van der Waals surface area contributed by atoms with Gasteiger partial charge >= 0.3 is 0 Å². The maximum Gasteiger partial charge on any atom is 0.194 e. The molecule has 0 aliphatic heterocycles. The topological polar surface area (TPSA) is 0 Å². The number of rotatable bonds is 2. The van der Waals surface area contributed by atoms with E-state index in [-0.39, 0.29) is 10.6 Å². The maximum absolute atomic E-state index is 13.1. The van der Waals surface area contributed by atoms with E-state index in [1.165, 1.54) is 0 Å². The predicted octanol–water partition coefficient (Wildman–Crippen LogP) is 4.30. The van der Waals surface area contributed by atoms with Gasteiger partial charge in [-0.3, -0.25) is 0 Å². The lowest BCUT2D eigenvalue weighted by atomic mass is 10.3. The molecule has 2 rings (SSSR count). The van der Waals surface area contributed by atoms with E-state index in [1.54, 1.807) is 22.0 Å². The highest BCUT2D eigenvalue weighted by Crippen LogP contribution is 2.43. The average Bonchev–Trinajstić information content (AvgIpc) is 2.40. The Morgan fingerprint density at radius 1 is 0.600 bits per heavy atom. The first-order valence-electron chi connectivity index (χ1n) is 5.06. The second-order valence-corrected chi connectivity index (χ2v) is 8.22. The Bertz CT molecular complexity index is 571. The van der Waals surface area contributed by atoms with Gasteiger partial charge in [0.1, 0.15) is 0 Å². The Morgan fingerprint density at radius 3 is 1.10 bits per heavy atom. The lowest BCUT2D eigenvalue weighted by Crippen LogP contribution is -2.13. The van der Waals surface area contributed by atoms with Crippen LogP contribution in [-0.4, -0.2) is 0 Å². The molecule has 0 saturated heterocycles. The monoisotopic (exact) mass is 420 g/mol. The zero-order valence-corrected chi connectivity index (χ0v) is 12.5. The van der Waals surface area contributed by atoms with Crippen LogP contribution < -0.4 is 10.6 Å². The molecule has 0 saturated carbocycles. The molecule has 0 fully saturated rings. The van der Waals surface area contributed by atoms with Crippen molar-refractivity contribution in [3.63, 3.8) is 0 Å². The molecule has 0 radical (unpaired) electrons. The molecular formula is C12H4F6IP. The molecule has 0 aromatic heterocycles. The summed E-state index contributed by atoms with van der Waals surface area (Å²) >= 11 is 1.72. The van der Waals surface area contributed by atoms with Crippen molar-refractivity contribution in [2.24, 2.45) is 0 Å². The van der Waals surface area contributed by atoms with Crippen molar-refractivity contribution in [3.8, 4) is 0 Å². The Hall–Kier alpha value is -0.820. The zero-order chi connectivity index (χ0) is 15.0. The van der Waals surface area contributed by atoms with Gasteiger partial charge in [-0.25, -0.2) is 26.3 Å². The minimum Gasteiger partial charge on any atom is -0.204 e. The molecule has 106 valence electrons. The molecule has 0 spiro atoms. The molecule has 0 aliphatic rings. The van der Waals surface area contributed by atoms with Gasteiger partial charge in [-0.2, -0.15) is 0 Å². The summed E-state index contributed by atoms with van der Waals surface area (Å²) in [5.74, 6) is -8.83. The van der Waals surface area contributed by atoms with Crippen LogP contribution in [-0.2, 0) is 0 Å². The zero-order valence-electron chi connectivity index (χ0n) is 9.40. The van der Waals surface area contributed by atoms with Crippen LogP contribution in [0.25, 0.3) is 0 Å². The van der Waals surface area contributed by atoms with Crippen LogP contribution in [0.4, 0.5) is 26.3 Å². The van der Waals surface area contributed by atoms with E-state index in [0.29, 0.717) is 0 Å². The van der Waals surface area contributed by atoms with E-state index < -0.39 is 40.5 Å². The van der Waals surface area contributed by atoms with Crippen molar-refractivity contribution in [2.45, 2.75) is 0 Å². The van der Waals surface area contributed by atoms with Gasteiger partial charge in [0, 0.05) is 5.56 Å². The van der Waals surface area contributed by atoms with Crippen LogP contribution in [0.5, 0.6) is 0 Å². The normalized spacial score (nSPS) is 11.2. The molecule has 0 amide bonds. The molecule has 20 heavy (non-hydrogen) atoms. The van der Waals surface area contributed by atoms with Crippen LogP contribution >= 0.6 is 27.6 Å². The van der Waals surface area contributed by atoms with Gasteiger partial charge in [0.25, 0.3) is 0 Å². The molecule has 0 aliphatic carbocycles. The Balaban J connectivity index is 2.49. The fourth-order valence-electron chi connectivity index (χ4n) is 1.46. The summed E-state index contributed by atoms with van der Waals surface area (Å²) in [4.78, 5) is 0. The van der Waals surface area contributed by atoms with E-state index in [2.05, 4.69) is 0 Å². The number of hydrogen-bond donors (Lipinski definition) is 0. The fraction of sp³-hybridized carbons (Fsp3) is 0. The minimum absolute atomic E-state index is 0.0300. The van der Waals surface area contributed by atoms with Crippen molar-refractivity contribution in [1.29, 1.82) is 0 Å². The highest BCUT2D eigenvalue weighted by Gasteiger charge is 2.20. The van der Waals surface area contributed by atoms with Gasteiger partial charge < -0.3 is 0 Å². The summed E-state index contributed by atoms with van der Waals surface area (Å²) < 4.78 is 78.2. The first-order chi connectivity index (χ1) is 9.31. The maximum atomic E-state index is 13.1. The van der Waals surface area contributed by atoms with Gasteiger partial charge in [-0.05, 0) is 56.9 Å². The fourth-order valence-corrected chi connectivity index (χ4v) is 4.34. The molecule has 2 aromatic carbocycles. The summed E-state index contributed by atoms with van der Waals surface area (Å²) in [6.45, 7) is 0. The van der Waals surface area contributed by atoms with Crippen molar-refractivity contribution >= 4 is 38.2 Å². The number of benzene rings is 2. The summed E-state index contributed by atoms with van der Waals surface area (Å²) in [6, 6.07) is 2.98. The van der Waals surface area contributed by atoms with Crippen molar-refractivity contribution in [3.05, 3.63) is 59.2 Å². The smallest absolute Gasteiger partial charge is 0.194 e. The molecule has 8 heteroatoms. The van der Waals surface area contributed by atoms with E-state index in [4.69, 9.17) is 0 Å². The summed E-state index contributed by atoms with van der Waals surface area (Å²) in [6.07, 6.45) is 0.